The van der Waals surface area contributed by atoms with E-state index in [4.69, 9.17) is 4.74 Å². The normalized spacial score (nSPS) is 11.1. The number of benzene rings is 2. The quantitative estimate of drug-likeness (QED) is 0.775. The van der Waals surface area contributed by atoms with E-state index in [0.717, 1.165) is 6.07 Å². The van der Waals surface area contributed by atoms with Gasteiger partial charge in [0.1, 0.15) is 22.3 Å². The molecule has 2 aromatic rings. The second-order valence-electron chi connectivity index (χ2n) is 4.59. The van der Waals surface area contributed by atoms with E-state index in [9.17, 15) is 22.0 Å². The van der Waals surface area contributed by atoms with Gasteiger partial charge >= 0.3 is 0 Å². The molecule has 2 rings (SSSR count). The zero-order chi connectivity index (χ0) is 17.7. The highest BCUT2D eigenvalue weighted by Gasteiger charge is 2.21. The minimum atomic E-state index is -4.45. The van der Waals surface area contributed by atoms with Gasteiger partial charge in [-0.05, 0) is 49.4 Å². The number of carbonyl (C=O) groups is 1. The van der Waals surface area contributed by atoms with Crippen molar-refractivity contribution in [3.8, 4) is 5.75 Å². The lowest BCUT2D eigenvalue weighted by Crippen LogP contribution is -2.41. The molecule has 0 aliphatic heterocycles. The van der Waals surface area contributed by atoms with E-state index >= 15 is 0 Å². The van der Waals surface area contributed by atoms with Crippen LogP contribution in [0.4, 0.5) is 8.78 Å². The van der Waals surface area contributed by atoms with Gasteiger partial charge in [0.2, 0.25) is 0 Å². The first-order valence-corrected chi connectivity index (χ1v) is 8.32. The number of halogens is 2. The van der Waals surface area contributed by atoms with Gasteiger partial charge in [0.25, 0.3) is 15.9 Å². The van der Waals surface area contributed by atoms with Crippen molar-refractivity contribution in [3.63, 3.8) is 0 Å². The van der Waals surface area contributed by atoms with Crippen molar-refractivity contribution in [2.24, 2.45) is 0 Å². The number of ether oxygens (including phenoxy) is 1. The fraction of sp³-hybridized carbons (Fsp3) is 0.133. The Morgan fingerprint density at radius 1 is 1.12 bits per heavy atom. The zero-order valence-corrected chi connectivity index (χ0v) is 13.4. The Hall–Kier alpha value is -2.52. The lowest BCUT2D eigenvalue weighted by Gasteiger charge is -2.10. The number of nitrogens with one attached hydrogen (secondary N) is 2. The van der Waals surface area contributed by atoms with E-state index in [1.165, 1.54) is 12.1 Å². The number of hydrogen-bond donors (Lipinski definition) is 2. The van der Waals surface area contributed by atoms with Gasteiger partial charge < -0.3 is 4.74 Å². The van der Waals surface area contributed by atoms with Gasteiger partial charge in [-0.2, -0.15) is 0 Å². The molecule has 0 radical (unpaired) electrons. The third kappa shape index (κ3) is 4.27. The van der Waals surface area contributed by atoms with Gasteiger partial charge in [-0.25, -0.2) is 17.2 Å². The fourth-order valence-corrected chi connectivity index (χ4v) is 2.72. The second kappa shape index (κ2) is 7.37. The summed E-state index contributed by atoms with van der Waals surface area (Å²) >= 11 is 0. The van der Waals surface area contributed by atoms with E-state index < -0.39 is 32.5 Å². The first kappa shape index (κ1) is 17.8. The smallest absolute Gasteiger partial charge is 0.266 e. The Balaban J connectivity index is 2.08. The maximum Gasteiger partial charge on any atom is 0.266 e. The van der Waals surface area contributed by atoms with Crippen molar-refractivity contribution in [2.75, 3.05) is 6.61 Å². The van der Waals surface area contributed by atoms with E-state index in [1.54, 1.807) is 23.9 Å². The molecule has 6 nitrogen and oxygen atoms in total. The molecule has 0 saturated heterocycles. The number of amides is 1. The molecule has 9 heteroatoms. The van der Waals surface area contributed by atoms with Gasteiger partial charge in [0.05, 0.1) is 6.61 Å². The minimum Gasteiger partial charge on any atom is -0.494 e. The number of carbonyl (C=O) groups excluding carboxylic acids is 1. The lowest BCUT2D eigenvalue weighted by atomic mass is 10.2. The summed E-state index contributed by atoms with van der Waals surface area (Å²) in [6.07, 6.45) is 0. The second-order valence-corrected chi connectivity index (χ2v) is 6.24. The summed E-state index contributed by atoms with van der Waals surface area (Å²) in [5.74, 6) is -2.27. The summed E-state index contributed by atoms with van der Waals surface area (Å²) in [5.41, 5.74) is 2.08. The van der Waals surface area contributed by atoms with Crippen LogP contribution in [0, 0.1) is 11.6 Å². The molecule has 0 atom stereocenters. The summed E-state index contributed by atoms with van der Waals surface area (Å²) in [4.78, 5) is 12.7. The Bertz CT molecular complexity index is 839. The van der Waals surface area contributed by atoms with Crippen molar-refractivity contribution in [1.82, 2.24) is 10.3 Å². The molecule has 0 heterocycles. The van der Waals surface area contributed by atoms with Crippen molar-refractivity contribution in [1.29, 1.82) is 0 Å². The van der Waals surface area contributed by atoms with Crippen LogP contribution < -0.4 is 15.0 Å². The summed E-state index contributed by atoms with van der Waals surface area (Å²) in [5, 5.41) is 0. The van der Waals surface area contributed by atoms with Crippen LogP contribution in [0.3, 0.4) is 0 Å². The molecule has 0 aliphatic carbocycles. The van der Waals surface area contributed by atoms with Gasteiger partial charge in [-0.1, -0.05) is 0 Å². The molecule has 2 N–H and O–H groups in total. The maximum absolute atomic E-state index is 13.5. The molecule has 24 heavy (non-hydrogen) atoms. The minimum absolute atomic E-state index is 0.154. The average Bonchev–Trinajstić information content (AvgIpc) is 2.56. The Labute approximate surface area is 137 Å². The van der Waals surface area contributed by atoms with Crippen molar-refractivity contribution >= 4 is 15.9 Å². The highest BCUT2D eigenvalue weighted by Crippen LogP contribution is 2.15. The van der Waals surface area contributed by atoms with Crippen molar-refractivity contribution < 1.29 is 26.7 Å². The maximum atomic E-state index is 13.5. The monoisotopic (exact) mass is 356 g/mol. The molecule has 1 amide bonds. The van der Waals surface area contributed by atoms with Gasteiger partial charge in [0, 0.05) is 5.56 Å². The first-order chi connectivity index (χ1) is 11.3. The molecule has 0 fully saturated rings. The van der Waals surface area contributed by atoms with E-state index in [-0.39, 0.29) is 5.56 Å². The third-order valence-electron chi connectivity index (χ3n) is 2.91. The molecule has 0 aliphatic rings. The molecular formula is C15H14F2N2O4S. The molecule has 0 aromatic heterocycles. The zero-order valence-electron chi connectivity index (χ0n) is 12.5. The number of hydrogen-bond acceptors (Lipinski definition) is 4. The molecule has 0 unspecified atom stereocenters. The Morgan fingerprint density at radius 2 is 1.79 bits per heavy atom. The van der Waals surface area contributed by atoms with Crippen LogP contribution in [0.5, 0.6) is 5.75 Å². The summed E-state index contributed by atoms with van der Waals surface area (Å²) < 4.78 is 55.7. The number of sulfonamides is 1. The van der Waals surface area contributed by atoms with Crippen molar-refractivity contribution in [3.05, 3.63) is 59.7 Å². The molecule has 2 aromatic carbocycles. The highest BCUT2D eigenvalue weighted by atomic mass is 32.2. The number of rotatable bonds is 6. The van der Waals surface area contributed by atoms with Gasteiger partial charge in [-0.15, -0.1) is 4.83 Å². The van der Waals surface area contributed by atoms with Crippen LogP contribution in [-0.2, 0) is 10.0 Å². The largest absolute Gasteiger partial charge is 0.494 e. The first-order valence-electron chi connectivity index (χ1n) is 6.83. The lowest BCUT2D eigenvalue weighted by molar-refractivity contribution is 0.0945. The van der Waals surface area contributed by atoms with Crippen molar-refractivity contribution in [2.45, 2.75) is 11.8 Å². The Morgan fingerprint density at radius 3 is 2.42 bits per heavy atom. The fourth-order valence-electron chi connectivity index (χ4n) is 1.79. The molecule has 0 saturated carbocycles. The summed E-state index contributed by atoms with van der Waals surface area (Å²) in [6, 6.07) is 7.92. The SMILES string of the molecule is CCOc1ccc(C(=O)NNS(=O)(=O)c2cc(F)ccc2F)cc1. The van der Waals surface area contributed by atoms with Crippen LogP contribution in [-0.4, -0.2) is 20.9 Å². The van der Waals surface area contributed by atoms with E-state index in [0.29, 0.717) is 24.5 Å². The Kier molecular flexibility index (Phi) is 5.47. The van der Waals surface area contributed by atoms with Crippen LogP contribution in [0.15, 0.2) is 47.4 Å². The van der Waals surface area contributed by atoms with Crippen LogP contribution in [0.1, 0.15) is 17.3 Å². The van der Waals surface area contributed by atoms with E-state index in [1.807, 2.05) is 5.43 Å². The predicted octanol–water partition coefficient (Wildman–Crippen LogP) is 1.99. The van der Waals surface area contributed by atoms with Crippen LogP contribution in [0.25, 0.3) is 0 Å². The topological polar surface area (TPSA) is 84.5 Å². The molecule has 128 valence electrons. The average molecular weight is 356 g/mol. The highest BCUT2D eigenvalue weighted by molar-refractivity contribution is 7.89. The van der Waals surface area contributed by atoms with Gasteiger partial charge in [-0.3, -0.25) is 10.2 Å². The van der Waals surface area contributed by atoms with E-state index in [2.05, 4.69) is 0 Å². The predicted molar refractivity (Wildman–Crippen MR) is 81.8 cm³/mol. The standard InChI is InChI=1S/C15H14F2N2O4S/c1-2-23-12-6-3-10(4-7-12)15(20)18-19-24(21,22)14-9-11(16)5-8-13(14)17/h3-9,19H,2H2,1H3,(H,18,20). The summed E-state index contributed by atoms with van der Waals surface area (Å²) in [7, 11) is -4.45. The summed E-state index contributed by atoms with van der Waals surface area (Å²) in [6.45, 7) is 2.27. The molecule has 0 spiro atoms. The molecular weight excluding hydrogens is 342 g/mol. The van der Waals surface area contributed by atoms with Crippen LogP contribution in [0.2, 0.25) is 0 Å². The van der Waals surface area contributed by atoms with Gasteiger partial charge in [0.15, 0.2) is 0 Å². The van der Waals surface area contributed by atoms with Crippen LogP contribution >= 0.6 is 0 Å². The molecule has 0 bridgehead atoms. The number of hydrazine groups is 1. The third-order valence-corrected chi connectivity index (χ3v) is 4.17.